The molecule has 0 bridgehead atoms. The van der Waals surface area contributed by atoms with Gasteiger partial charge in [0.15, 0.2) is 0 Å². The molecule has 0 atom stereocenters. The van der Waals surface area contributed by atoms with Gasteiger partial charge in [-0.25, -0.2) is 0 Å². The maximum atomic E-state index is 9.37. The van der Waals surface area contributed by atoms with E-state index in [0.29, 0.717) is 23.7 Å². The Kier molecular flexibility index (Phi) is 4.20. The summed E-state index contributed by atoms with van der Waals surface area (Å²) in [5, 5.41) is 9.37. The third-order valence-electron chi connectivity index (χ3n) is 2.71. The lowest BCUT2D eigenvalue weighted by Gasteiger charge is -2.13. The number of rotatable bonds is 5. The topological polar surface area (TPSA) is 38.7 Å². The van der Waals surface area contributed by atoms with E-state index in [1.807, 2.05) is 42.5 Å². The second-order valence-electron chi connectivity index (χ2n) is 3.87. The number of aliphatic hydroxyl groups is 1. The number of ether oxygens (including phenoxy) is 2. The van der Waals surface area contributed by atoms with Gasteiger partial charge in [0.1, 0.15) is 18.1 Å². The average molecular weight is 244 g/mol. The summed E-state index contributed by atoms with van der Waals surface area (Å²) in [4.78, 5) is 0. The van der Waals surface area contributed by atoms with Crippen molar-refractivity contribution in [1.29, 1.82) is 0 Å². The number of hydrogen-bond acceptors (Lipinski definition) is 3. The summed E-state index contributed by atoms with van der Waals surface area (Å²) in [7, 11) is 1.58. The van der Waals surface area contributed by atoms with Crippen molar-refractivity contribution < 1.29 is 14.6 Å². The SMILES string of the molecule is COc1cccc(OCc2ccccc2)c1CO. The molecule has 0 unspecified atom stereocenters. The molecule has 0 saturated heterocycles. The minimum absolute atomic E-state index is 0.103. The first-order valence-electron chi connectivity index (χ1n) is 5.78. The van der Waals surface area contributed by atoms with Crippen molar-refractivity contribution in [3.05, 3.63) is 59.7 Å². The van der Waals surface area contributed by atoms with Crippen LogP contribution in [0.3, 0.4) is 0 Å². The van der Waals surface area contributed by atoms with Gasteiger partial charge in [0.2, 0.25) is 0 Å². The lowest BCUT2D eigenvalue weighted by molar-refractivity contribution is 0.251. The Morgan fingerprint density at radius 1 is 0.944 bits per heavy atom. The second kappa shape index (κ2) is 6.07. The first-order valence-corrected chi connectivity index (χ1v) is 5.78. The van der Waals surface area contributed by atoms with Crippen LogP contribution >= 0.6 is 0 Å². The Balaban J connectivity index is 2.14. The van der Waals surface area contributed by atoms with Gasteiger partial charge < -0.3 is 14.6 Å². The van der Waals surface area contributed by atoms with Crippen LogP contribution in [0.15, 0.2) is 48.5 Å². The van der Waals surface area contributed by atoms with Gasteiger partial charge in [-0.1, -0.05) is 36.4 Å². The Hall–Kier alpha value is -2.00. The highest BCUT2D eigenvalue weighted by atomic mass is 16.5. The third-order valence-corrected chi connectivity index (χ3v) is 2.71. The van der Waals surface area contributed by atoms with E-state index in [9.17, 15) is 5.11 Å². The van der Waals surface area contributed by atoms with Crippen LogP contribution in [0.4, 0.5) is 0 Å². The van der Waals surface area contributed by atoms with Crippen molar-refractivity contribution >= 4 is 0 Å². The highest BCUT2D eigenvalue weighted by Crippen LogP contribution is 2.28. The van der Waals surface area contributed by atoms with Crippen molar-refractivity contribution in [2.75, 3.05) is 7.11 Å². The van der Waals surface area contributed by atoms with E-state index in [0.717, 1.165) is 5.56 Å². The minimum Gasteiger partial charge on any atom is -0.496 e. The van der Waals surface area contributed by atoms with Crippen molar-refractivity contribution in [1.82, 2.24) is 0 Å². The van der Waals surface area contributed by atoms with E-state index in [-0.39, 0.29) is 6.61 Å². The molecule has 0 saturated carbocycles. The summed E-state index contributed by atoms with van der Waals surface area (Å²) in [6.45, 7) is 0.370. The Bertz CT molecular complexity index is 494. The molecule has 0 aliphatic rings. The first kappa shape index (κ1) is 12.5. The molecule has 94 valence electrons. The molecular formula is C15H16O3. The molecule has 3 nitrogen and oxygen atoms in total. The van der Waals surface area contributed by atoms with Crippen LogP contribution in [-0.2, 0) is 13.2 Å². The van der Waals surface area contributed by atoms with Gasteiger partial charge in [-0.15, -0.1) is 0 Å². The van der Waals surface area contributed by atoms with Crippen molar-refractivity contribution in [3.63, 3.8) is 0 Å². The summed E-state index contributed by atoms with van der Waals surface area (Å²) >= 11 is 0. The molecule has 0 aliphatic carbocycles. The lowest BCUT2D eigenvalue weighted by Crippen LogP contribution is -2.00. The van der Waals surface area contributed by atoms with Crippen LogP contribution in [0.1, 0.15) is 11.1 Å². The molecule has 0 radical (unpaired) electrons. The van der Waals surface area contributed by atoms with E-state index in [1.54, 1.807) is 13.2 Å². The monoisotopic (exact) mass is 244 g/mol. The quantitative estimate of drug-likeness (QED) is 0.879. The molecule has 2 aromatic carbocycles. The number of aliphatic hydroxyl groups excluding tert-OH is 1. The van der Waals surface area contributed by atoms with Crippen LogP contribution < -0.4 is 9.47 Å². The zero-order valence-electron chi connectivity index (χ0n) is 10.3. The Morgan fingerprint density at radius 2 is 1.67 bits per heavy atom. The fourth-order valence-electron chi connectivity index (χ4n) is 1.76. The fraction of sp³-hybridized carbons (Fsp3) is 0.200. The van der Waals surface area contributed by atoms with E-state index >= 15 is 0 Å². The third kappa shape index (κ3) is 2.81. The van der Waals surface area contributed by atoms with Crippen LogP contribution in [0, 0.1) is 0 Å². The van der Waals surface area contributed by atoms with Gasteiger partial charge in [-0.3, -0.25) is 0 Å². The average Bonchev–Trinajstić information content (AvgIpc) is 2.45. The molecule has 0 aromatic heterocycles. The summed E-state index contributed by atoms with van der Waals surface area (Å²) in [6, 6.07) is 15.4. The molecule has 2 aromatic rings. The van der Waals surface area contributed by atoms with Crippen molar-refractivity contribution in [3.8, 4) is 11.5 Å². The molecule has 18 heavy (non-hydrogen) atoms. The summed E-state index contributed by atoms with van der Waals surface area (Å²) in [5.41, 5.74) is 1.76. The second-order valence-corrected chi connectivity index (χ2v) is 3.87. The smallest absolute Gasteiger partial charge is 0.129 e. The molecule has 0 aliphatic heterocycles. The van der Waals surface area contributed by atoms with E-state index < -0.39 is 0 Å². The number of hydrogen-bond donors (Lipinski definition) is 1. The number of methoxy groups -OCH3 is 1. The van der Waals surface area contributed by atoms with Gasteiger partial charge in [-0.05, 0) is 17.7 Å². The minimum atomic E-state index is -0.103. The van der Waals surface area contributed by atoms with Gasteiger partial charge in [0, 0.05) is 0 Å². The standard InChI is InChI=1S/C15H16O3/c1-17-14-8-5-9-15(13(14)10-16)18-11-12-6-3-2-4-7-12/h2-9,16H,10-11H2,1H3. The maximum absolute atomic E-state index is 9.37. The molecule has 1 N–H and O–H groups in total. The molecule has 0 amide bonds. The van der Waals surface area contributed by atoms with E-state index in [4.69, 9.17) is 9.47 Å². The van der Waals surface area contributed by atoms with E-state index in [1.165, 1.54) is 0 Å². The van der Waals surface area contributed by atoms with Crippen LogP contribution in [0.25, 0.3) is 0 Å². The molecule has 0 spiro atoms. The molecule has 0 heterocycles. The molecule has 0 fully saturated rings. The maximum Gasteiger partial charge on any atom is 0.129 e. The summed E-state index contributed by atoms with van der Waals surface area (Å²) in [6.07, 6.45) is 0. The number of benzene rings is 2. The molecular weight excluding hydrogens is 228 g/mol. The fourth-order valence-corrected chi connectivity index (χ4v) is 1.76. The van der Waals surface area contributed by atoms with Gasteiger partial charge in [0.25, 0.3) is 0 Å². The van der Waals surface area contributed by atoms with Crippen molar-refractivity contribution in [2.24, 2.45) is 0 Å². The first-order chi connectivity index (χ1) is 8.85. The Morgan fingerprint density at radius 3 is 2.33 bits per heavy atom. The van der Waals surface area contributed by atoms with Crippen LogP contribution in [0.2, 0.25) is 0 Å². The Labute approximate surface area is 107 Å². The zero-order chi connectivity index (χ0) is 12.8. The predicted molar refractivity (Wildman–Crippen MR) is 69.7 cm³/mol. The zero-order valence-corrected chi connectivity index (χ0v) is 10.3. The lowest BCUT2D eigenvalue weighted by atomic mass is 10.2. The largest absolute Gasteiger partial charge is 0.496 e. The van der Waals surface area contributed by atoms with Crippen molar-refractivity contribution in [2.45, 2.75) is 13.2 Å². The van der Waals surface area contributed by atoms with Gasteiger partial charge in [-0.2, -0.15) is 0 Å². The summed E-state index contributed by atoms with van der Waals surface area (Å²) in [5.74, 6) is 1.30. The highest BCUT2D eigenvalue weighted by molar-refractivity contribution is 5.44. The summed E-state index contributed by atoms with van der Waals surface area (Å²) < 4.78 is 10.9. The van der Waals surface area contributed by atoms with Crippen LogP contribution in [0.5, 0.6) is 11.5 Å². The predicted octanol–water partition coefficient (Wildman–Crippen LogP) is 2.77. The molecule has 3 heteroatoms. The van der Waals surface area contributed by atoms with E-state index in [2.05, 4.69) is 0 Å². The van der Waals surface area contributed by atoms with Gasteiger partial charge >= 0.3 is 0 Å². The van der Waals surface area contributed by atoms with Gasteiger partial charge in [0.05, 0.1) is 19.3 Å². The highest BCUT2D eigenvalue weighted by Gasteiger charge is 2.09. The molecule has 2 rings (SSSR count). The van der Waals surface area contributed by atoms with Crippen LogP contribution in [-0.4, -0.2) is 12.2 Å². The normalized spacial score (nSPS) is 10.1.